The highest BCUT2D eigenvalue weighted by Crippen LogP contribution is 2.26. The highest BCUT2D eigenvalue weighted by atomic mass is 16.5. The average Bonchev–Trinajstić information content (AvgIpc) is 2.58. The Morgan fingerprint density at radius 3 is 2.67 bits per heavy atom. The van der Waals surface area contributed by atoms with Gasteiger partial charge in [-0.05, 0) is 25.8 Å². The lowest BCUT2D eigenvalue weighted by Gasteiger charge is -2.36. The molecule has 0 radical (unpaired) electrons. The monoisotopic (exact) mass is 333 g/mol. The molecule has 1 aliphatic heterocycles. The lowest BCUT2D eigenvalue weighted by Crippen LogP contribution is -2.44. The van der Waals surface area contributed by atoms with Gasteiger partial charge >= 0.3 is 0 Å². The van der Waals surface area contributed by atoms with Crippen LogP contribution in [0.1, 0.15) is 38.9 Å². The van der Waals surface area contributed by atoms with Crippen LogP contribution in [0.4, 0.5) is 0 Å². The molecule has 24 heavy (non-hydrogen) atoms. The molecule has 1 atom stereocenters. The lowest BCUT2D eigenvalue weighted by atomic mass is 9.89. The molecule has 134 valence electrons. The summed E-state index contributed by atoms with van der Waals surface area (Å²) in [5, 5.41) is 6.66. The van der Waals surface area contributed by atoms with Gasteiger partial charge in [-0.1, -0.05) is 37.3 Å². The second kappa shape index (κ2) is 9.64. The van der Waals surface area contributed by atoms with E-state index in [1.165, 1.54) is 5.56 Å². The molecule has 1 heterocycles. The first-order valence-corrected chi connectivity index (χ1v) is 8.89. The second-order valence-corrected chi connectivity index (χ2v) is 6.70. The van der Waals surface area contributed by atoms with Crippen molar-refractivity contribution in [3.8, 4) is 0 Å². The van der Waals surface area contributed by atoms with Crippen molar-refractivity contribution in [1.29, 1.82) is 0 Å². The maximum atomic E-state index is 5.89. The van der Waals surface area contributed by atoms with Crippen molar-refractivity contribution in [2.75, 3.05) is 39.5 Å². The third-order valence-corrected chi connectivity index (χ3v) is 4.11. The van der Waals surface area contributed by atoms with E-state index in [2.05, 4.69) is 48.5 Å². The van der Waals surface area contributed by atoms with Gasteiger partial charge in [-0.3, -0.25) is 4.99 Å². The van der Waals surface area contributed by atoms with Crippen molar-refractivity contribution < 1.29 is 9.47 Å². The van der Waals surface area contributed by atoms with E-state index < -0.39 is 0 Å². The molecular weight excluding hydrogens is 302 g/mol. The highest BCUT2D eigenvalue weighted by Gasteiger charge is 2.33. The molecule has 1 saturated heterocycles. The Bertz CT molecular complexity index is 501. The number of nitrogens with one attached hydrogen (secondary N) is 2. The number of nitrogens with zero attached hydrogens (tertiary/aromatic N) is 1. The minimum absolute atomic E-state index is 0.131. The first-order chi connectivity index (χ1) is 11.6. The second-order valence-electron chi connectivity index (χ2n) is 6.70. The first kappa shape index (κ1) is 18.7. The van der Waals surface area contributed by atoms with Gasteiger partial charge in [0.1, 0.15) is 0 Å². The SMILES string of the molecule is CCNC(=NCC1(C)COC1)NCCCOC(C)c1ccccc1. The number of guanidine groups is 1. The van der Waals surface area contributed by atoms with Crippen LogP contribution >= 0.6 is 0 Å². The third-order valence-electron chi connectivity index (χ3n) is 4.11. The van der Waals surface area contributed by atoms with Crippen LogP contribution in [0, 0.1) is 5.41 Å². The van der Waals surface area contributed by atoms with Crippen LogP contribution in [0.3, 0.4) is 0 Å². The Morgan fingerprint density at radius 2 is 2.04 bits per heavy atom. The molecule has 0 spiro atoms. The topological polar surface area (TPSA) is 54.9 Å². The predicted octanol–water partition coefficient (Wildman–Crippen LogP) is 2.75. The van der Waals surface area contributed by atoms with Gasteiger partial charge in [0.25, 0.3) is 0 Å². The quantitative estimate of drug-likeness (QED) is 0.414. The normalized spacial score (nSPS) is 17.9. The largest absolute Gasteiger partial charge is 0.380 e. The molecule has 1 unspecified atom stereocenters. The summed E-state index contributed by atoms with van der Waals surface area (Å²) in [6.07, 6.45) is 1.08. The van der Waals surface area contributed by atoms with Crippen molar-refractivity contribution in [2.45, 2.75) is 33.3 Å². The minimum Gasteiger partial charge on any atom is -0.380 e. The van der Waals surface area contributed by atoms with Gasteiger partial charge in [0, 0.05) is 25.1 Å². The van der Waals surface area contributed by atoms with Crippen molar-refractivity contribution in [3.63, 3.8) is 0 Å². The Balaban J connectivity index is 1.64. The van der Waals surface area contributed by atoms with Gasteiger partial charge in [-0.2, -0.15) is 0 Å². The van der Waals surface area contributed by atoms with Gasteiger partial charge in [-0.25, -0.2) is 0 Å². The number of benzene rings is 1. The summed E-state index contributed by atoms with van der Waals surface area (Å²) < 4.78 is 11.2. The maximum Gasteiger partial charge on any atom is 0.191 e. The van der Waals surface area contributed by atoms with E-state index in [1.54, 1.807) is 0 Å². The van der Waals surface area contributed by atoms with Crippen LogP contribution in [-0.4, -0.2) is 45.4 Å². The van der Waals surface area contributed by atoms with Gasteiger partial charge in [0.05, 0.1) is 25.9 Å². The molecule has 0 bridgehead atoms. The van der Waals surface area contributed by atoms with Crippen LogP contribution in [0.2, 0.25) is 0 Å². The molecule has 0 aliphatic carbocycles. The predicted molar refractivity (Wildman–Crippen MR) is 98.3 cm³/mol. The molecule has 5 heteroatoms. The van der Waals surface area contributed by atoms with E-state index in [-0.39, 0.29) is 11.5 Å². The molecule has 0 amide bonds. The Kier molecular flexibility index (Phi) is 7.53. The Hall–Kier alpha value is -1.59. The fraction of sp³-hybridized carbons (Fsp3) is 0.632. The van der Waals surface area contributed by atoms with E-state index in [0.29, 0.717) is 0 Å². The fourth-order valence-corrected chi connectivity index (χ4v) is 2.51. The Morgan fingerprint density at radius 1 is 1.29 bits per heavy atom. The van der Waals surface area contributed by atoms with E-state index in [4.69, 9.17) is 9.47 Å². The minimum atomic E-state index is 0.131. The molecule has 0 saturated carbocycles. The van der Waals surface area contributed by atoms with Crippen LogP contribution in [0.15, 0.2) is 35.3 Å². The number of aliphatic imine (C=N–C) groups is 1. The van der Waals surface area contributed by atoms with E-state index in [1.807, 2.05) is 18.2 Å². The summed E-state index contributed by atoms with van der Waals surface area (Å²) in [6.45, 7) is 11.2. The van der Waals surface area contributed by atoms with Gasteiger partial charge < -0.3 is 20.1 Å². The smallest absolute Gasteiger partial charge is 0.191 e. The molecule has 1 fully saturated rings. The van der Waals surface area contributed by atoms with Crippen molar-refractivity contribution >= 4 is 5.96 Å². The van der Waals surface area contributed by atoms with E-state index in [9.17, 15) is 0 Å². The summed E-state index contributed by atoms with van der Waals surface area (Å²) in [5.41, 5.74) is 1.42. The summed E-state index contributed by atoms with van der Waals surface area (Å²) in [5.74, 6) is 0.877. The molecule has 1 aromatic rings. The zero-order valence-electron chi connectivity index (χ0n) is 15.2. The fourth-order valence-electron chi connectivity index (χ4n) is 2.51. The standard InChI is InChI=1S/C19H31N3O2/c1-4-20-18(22-13-19(3)14-23-15-19)21-11-8-12-24-16(2)17-9-6-5-7-10-17/h5-7,9-10,16H,4,8,11-15H2,1-3H3,(H2,20,21,22). The van der Waals surface area contributed by atoms with Gasteiger partial charge in [-0.15, -0.1) is 0 Å². The van der Waals surface area contributed by atoms with Gasteiger partial charge in [0.15, 0.2) is 5.96 Å². The van der Waals surface area contributed by atoms with E-state index in [0.717, 1.165) is 51.8 Å². The van der Waals surface area contributed by atoms with Crippen LogP contribution in [0.25, 0.3) is 0 Å². The zero-order chi connectivity index (χ0) is 17.3. The summed E-state index contributed by atoms with van der Waals surface area (Å²) in [4.78, 5) is 4.66. The molecule has 2 N–H and O–H groups in total. The van der Waals surface area contributed by atoms with E-state index >= 15 is 0 Å². The van der Waals surface area contributed by atoms with Gasteiger partial charge in [0.2, 0.25) is 0 Å². The molecule has 5 nitrogen and oxygen atoms in total. The van der Waals surface area contributed by atoms with Crippen LogP contribution in [0.5, 0.6) is 0 Å². The van der Waals surface area contributed by atoms with Crippen molar-refractivity contribution in [2.24, 2.45) is 10.4 Å². The molecule has 1 aliphatic rings. The molecular formula is C19H31N3O2. The van der Waals surface area contributed by atoms with Crippen molar-refractivity contribution in [1.82, 2.24) is 10.6 Å². The van der Waals surface area contributed by atoms with Crippen LogP contribution in [-0.2, 0) is 9.47 Å². The summed E-state index contributed by atoms with van der Waals surface area (Å²) >= 11 is 0. The van der Waals surface area contributed by atoms with Crippen LogP contribution < -0.4 is 10.6 Å². The number of hydrogen-bond acceptors (Lipinski definition) is 3. The summed E-state index contributed by atoms with van der Waals surface area (Å²) in [7, 11) is 0. The molecule has 1 aromatic carbocycles. The molecule has 2 rings (SSSR count). The number of ether oxygens (including phenoxy) is 2. The third kappa shape index (κ3) is 6.13. The zero-order valence-corrected chi connectivity index (χ0v) is 15.2. The van der Waals surface area contributed by atoms with Crippen molar-refractivity contribution in [3.05, 3.63) is 35.9 Å². The number of hydrogen-bond donors (Lipinski definition) is 2. The average molecular weight is 333 g/mol. The summed E-state index contributed by atoms with van der Waals surface area (Å²) in [6, 6.07) is 10.3. The number of rotatable bonds is 9. The first-order valence-electron chi connectivity index (χ1n) is 8.89. The molecule has 0 aromatic heterocycles. The maximum absolute atomic E-state index is 5.89. The Labute approximate surface area is 145 Å². The highest BCUT2D eigenvalue weighted by molar-refractivity contribution is 5.79. The lowest BCUT2D eigenvalue weighted by molar-refractivity contribution is -0.0945.